The van der Waals surface area contributed by atoms with E-state index in [4.69, 9.17) is 0 Å². The molecule has 1 saturated heterocycles. The van der Waals surface area contributed by atoms with Crippen molar-refractivity contribution in [1.82, 2.24) is 20.1 Å². The number of hydrogen-bond donors (Lipinski definition) is 1. The summed E-state index contributed by atoms with van der Waals surface area (Å²) < 4.78 is 0. The van der Waals surface area contributed by atoms with Crippen LogP contribution >= 0.6 is 0 Å². The normalized spacial score (nSPS) is 19.1. The van der Waals surface area contributed by atoms with E-state index in [9.17, 15) is 0 Å². The summed E-state index contributed by atoms with van der Waals surface area (Å²) in [6.07, 6.45) is 7.40. The lowest BCUT2D eigenvalue weighted by Gasteiger charge is -2.29. The van der Waals surface area contributed by atoms with Crippen molar-refractivity contribution in [2.45, 2.75) is 39.2 Å². The summed E-state index contributed by atoms with van der Waals surface area (Å²) in [5.41, 5.74) is 2.60. The van der Waals surface area contributed by atoms with Crippen LogP contribution < -0.4 is 5.32 Å². The molecular weight excluding hydrogens is 286 g/mol. The first-order valence-electron chi connectivity index (χ1n) is 8.71. The van der Waals surface area contributed by atoms with Gasteiger partial charge in [-0.2, -0.15) is 0 Å². The summed E-state index contributed by atoms with van der Waals surface area (Å²) in [5.74, 6) is 0.986. The summed E-state index contributed by atoms with van der Waals surface area (Å²) in [6, 6.07) is 2.76. The highest BCUT2D eigenvalue weighted by molar-refractivity contribution is 5.79. The second-order valence-electron chi connectivity index (χ2n) is 6.33. The SMILES string of the molecule is CCN1CCCC1CN(C)C(=NC)NCCc1ccncc1C. The number of pyridine rings is 1. The van der Waals surface area contributed by atoms with Crippen LogP contribution in [0.25, 0.3) is 0 Å². The lowest BCUT2D eigenvalue weighted by molar-refractivity contribution is 0.233. The molecule has 1 unspecified atom stereocenters. The molecule has 2 heterocycles. The van der Waals surface area contributed by atoms with Crippen LogP contribution in [0.1, 0.15) is 30.9 Å². The second kappa shape index (κ2) is 8.87. The Labute approximate surface area is 140 Å². The number of likely N-dealkylation sites (N-methyl/N-ethyl adjacent to an activating group) is 2. The number of guanidine groups is 1. The molecule has 1 aliphatic rings. The van der Waals surface area contributed by atoms with Gasteiger partial charge in [0.05, 0.1) is 0 Å². The van der Waals surface area contributed by atoms with Crippen molar-refractivity contribution in [1.29, 1.82) is 0 Å². The Morgan fingerprint density at radius 3 is 3.04 bits per heavy atom. The second-order valence-corrected chi connectivity index (χ2v) is 6.33. The van der Waals surface area contributed by atoms with Gasteiger partial charge in [-0.1, -0.05) is 6.92 Å². The van der Waals surface area contributed by atoms with E-state index in [0.717, 1.165) is 32.0 Å². The lowest BCUT2D eigenvalue weighted by Crippen LogP contribution is -2.46. The summed E-state index contributed by atoms with van der Waals surface area (Å²) in [5, 5.41) is 3.49. The number of aromatic nitrogens is 1. The predicted molar refractivity (Wildman–Crippen MR) is 96.9 cm³/mol. The number of rotatable bonds is 6. The standard InChI is InChI=1S/C18H31N5/c1-5-23-12-6-7-17(23)14-22(4)18(19-3)21-11-9-16-8-10-20-13-15(16)2/h8,10,13,17H,5-7,9,11-12,14H2,1-4H3,(H,19,21). The van der Waals surface area contributed by atoms with Gasteiger partial charge in [0.25, 0.3) is 0 Å². The smallest absolute Gasteiger partial charge is 0.193 e. The average molecular weight is 317 g/mol. The van der Waals surface area contributed by atoms with Crippen molar-refractivity contribution >= 4 is 5.96 Å². The van der Waals surface area contributed by atoms with E-state index in [-0.39, 0.29) is 0 Å². The minimum Gasteiger partial charge on any atom is -0.356 e. The number of aliphatic imine (C=N–C) groups is 1. The summed E-state index contributed by atoms with van der Waals surface area (Å²) in [7, 11) is 4.00. The molecule has 5 nitrogen and oxygen atoms in total. The van der Waals surface area contributed by atoms with Crippen LogP contribution in [0.15, 0.2) is 23.5 Å². The van der Waals surface area contributed by atoms with Gasteiger partial charge in [0.15, 0.2) is 5.96 Å². The number of nitrogens with zero attached hydrogens (tertiary/aromatic N) is 4. The first-order chi connectivity index (χ1) is 11.2. The number of nitrogens with one attached hydrogen (secondary N) is 1. The average Bonchev–Trinajstić information content (AvgIpc) is 3.00. The van der Waals surface area contributed by atoms with Gasteiger partial charge in [-0.25, -0.2) is 0 Å². The minimum absolute atomic E-state index is 0.658. The zero-order valence-corrected chi connectivity index (χ0v) is 15.0. The maximum absolute atomic E-state index is 4.44. The monoisotopic (exact) mass is 317 g/mol. The summed E-state index contributed by atoms with van der Waals surface area (Å²) in [4.78, 5) is 13.4. The highest BCUT2D eigenvalue weighted by Gasteiger charge is 2.24. The zero-order chi connectivity index (χ0) is 16.7. The first kappa shape index (κ1) is 17.7. The molecule has 1 fully saturated rings. The van der Waals surface area contributed by atoms with Crippen molar-refractivity contribution < 1.29 is 0 Å². The summed E-state index contributed by atoms with van der Waals surface area (Å²) in [6.45, 7) is 8.69. The molecule has 0 bridgehead atoms. The topological polar surface area (TPSA) is 43.8 Å². The Hall–Kier alpha value is -1.62. The van der Waals surface area contributed by atoms with Crippen LogP contribution in [0, 0.1) is 6.92 Å². The van der Waals surface area contributed by atoms with E-state index in [1.165, 1.54) is 30.5 Å². The van der Waals surface area contributed by atoms with Gasteiger partial charge in [0, 0.05) is 45.6 Å². The van der Waals surface area contributed by atoms with Gasteiger partial charge >= 0.3 is 0 Å². The quantitative estimate of drug-likeness (QED) is 0.643. The lowest BCUT2D eigenvalue weighted by atomic mass is 10.1. The fourth-order valence-electron chi connectivity index (χ4n) is 3.40. The molecule has 0 aliphatic carbocycles. The largest absolute Gasteiger partial charge is 0.356 e. The maximum Gasteiger partial charge on any atom is 0.193 e. The van der Waals surface area contributed by atoms with Crippen molar-refractivity contribution in [2.24, 2.45) is 4.99 Å². The molecule has 1 atom stereocenters. The van der Waals surface area contributed by atoms with Crippen LogP contribution in [-0.4, -0.2) is 67.1 Å². The van der Waals surface area contributed by atoms with Gasteiger partial charge in [-0.15, -0.1) is 0 Å². The number of aryl methyl sites for hydroxylation is 1. The number of likely N-dealkylation sites (tertiary alicyclic amines) is 1. The molecule has 1 aromatic heterocycles. The Balaban J connectivity index is 1.81. The van der Waals surface area contributed by atoms with E-state index in [1.54, 1.807) is 0 Å². The van der Waals surface area contributed by atoms with Crippen molar-refractivity contribution in [3.63, 3.8) is 0 Å². The van der Waals surface area contributed by atoms with Gasteiger partial charge in [-0.3, -0.25) is 14.9 Å². The number of hydrogen-bond acceptors (Lipinski definition) is 3. The fraction of sp³-hybridized carbons (Fsp3) is 0.667. The minimum atomic E-state index is 0.658. The first-order valence-corrected chi connectivity index (χ1v) is 8.71. The van der Waals surface area contributed by atoms with Gasteiger partial charge in [-0.05, 0) is 56.5 Å². The molecule has 0 amide bonds. The molecule has 128 valence electrons. The molecule has 0 aromatic carbocycles. The Morgan fingerprint density at radius 2 is 2.35 bits per heavy atom. The molecular formula is C18H31N5. The van der Waals surface area contributed by atoms with E-state index >= 15 is 0 Å². The third-order valence-electron chi connectivity index (χ3n) is 4.78. The van der Waals surface area contributed by atoms with E-state index in [0.29, 0.717) is 6.04 Å². The van der Waals surface area contributed by atoms with Crippen LogP contribution in [0.2, 0.25) is 0 Å². The Morgan fingerprint density at radius 1 is 1.52 bits per heavy atom. The van der Waals surface area contributed by atoms with Gasteiger partial charge in [0.2, 0.25) is 0 Å². The van der Waals surface area contributed by atoms with Gasteiger partial charge < -0.3 is 10.2 Å². The predicted octanol–water partition coefficient (Wildman–Crippen LogP) is 1.92. The van der Waals surface area contributed by atoms with Gasteiger partial charge in [0.1, 0.15) is 0 Å². The molecule has 0 spiro atoms. The van der Waals surface area contributed by atoms with E-state index < -0.39 is 0 Å². The van der Waals surface area contributed by atoms with E-state index in [1.807, 2.05) is 19.4 Å². The van der Waals surface area contributed by atoms with Crippen LogP contribution in [0.5, 0.6) is 0 Å². The van der Waals surface area contributed by atoms with Crippen molar-refractivity contribution in [3.05, 3.63) is 29.6 Å². The van der Waals surface area contributed by atoms with Crippen LogP contribution in [-0.2, 0) is 6.42 Å². The highest BCUT2D eigenvalue weighted by Crippen LogP contribution is 2.17. The third kappa shape index (κ3) is 4.93. The highest BCUT2D eigenvalue weighted by atomic mass is 15.3. The molecule has 5 heteroatoms. The Kier molecular flexibility index (Phi) is 6.84. The molecule has 1 N–H and O–H groups in total. The summed E-state index contributed by atoms with van der Waals surface area (Å²) >= 11 is 0. The molecule has 23 heavy (non-hydrogen) atoms. The molecule has 0 radical (unpaired) electrons. The fourth-order valence-corrected chi connectivity index (χ4v) is 3.40. The molecule has 1 aliphatic heterocycles. The van der Waals surface area contributed by atoms with E-state index in [2.05, 4.69) is 52.1 Å². The van der Waals surface area contributed by atoms with Crippen LogP contribution in [0.3, 0.4) is 0 Å². The zero-order valence-electron chi connectivity index (χ0n) is 15.0. The van der Waals surface area contributed by atoms with Crippen molar-refractivity contribution in [2.75, 3.05) is 40.3 Å². The van der Waals surface area contributed by atoms with Crippen molar-refractivity contribution in [3.8, 4) is 0 Å². The third-order valence-corrected chi connectivity index (χ3v) is 4.78. The maximum atomic E-state index is 4.44. The molecule has 0 saturated carbocycles. The molecule has 1 aromatic rings. The van der Waals surface area contributed by atoms with Crippen LogP contribution in [0.4, 0.5) is 0 Å². The molecule has 2 rings (SSSR count). The Bertz CT molecular complexity index is 514.